The maximum atomic E-state index is 12.3. The molecule has 1 aromatic heterocycles. The zero-order valence-corrected chi connectivity index (χ0v) is 13.8. The molecule has 0 aliphatic carbocycles. The normalized spacial score (nSPS) is 17.6. The zero-order valence-electron chi connectivity index (χ0n) is 13.8. The molecular formula is C18H21N3O3. The number of H-pyrrole nitrogens is 1. The van der Waals surface area contributed by atoms with Crippen molar-refractivity contribution in [3.05, 3.63) is 58.0 Å². The van der Waals surface area contributed by atoms with E-state index in [4.69, 9.17) is 4.74 Å². The first kappa shape index (κ1) is 16.3. The van der Waals surface area contributed by atoms with E-state index in [2.05, 4.69) is 22.1 Å². The Bertz CT molecular complexity index is 783. The lowest BCUT2D eigenvalue weighted by molar-refractivity contribution is 0.0989. The molecule has 1 atom stereocenters. The van der Waals surface area contributed by atoms with Crippen molar-refractivity contribution in [2.45, 2.75) is 19.9 Å². The van der Waals surface area contributed by atoms with Crippen LogP contribution in [0.15, 0.2) is 41.3 Å². The molecule has 0 saturated carbocycles. The summed E-state index contributed by atoms with van der Waals surface area (Å²) in [5.74, 6) is -0.240. The van der Waals surface area contributed by atoms with E-state index in [9.17, 15) is 9.59 Å². The summed E-state index contributed by atoms with van der Waals surface area (Å²) in [5, 5.41) is 2.86. The molecule has 1 aliphatic heterocycles. The monoisotopic (exact) mass is 327 g/mol. The Kier molecular flexibility index (Phi) is 4.66. The van der Waals surface area contributed by atoms with Crippen LogP contribution in [0.1, 0.15) is 22.8 Å². The number of aryl methyl sites for hydroxylation is 1. The molecule has 6 heteroatoms. The van der Waals surface area contributed by atoms with E-state index in [0.29, 0.717) is 17.2 Å². The summed E-state index contributed by atoms with van der Waals surface area (Å²) in [6.45, 7) is 6.20. The summed E-state index contributed by atoms with van der Waals surface area (Å²) in [5.41, 5.74) is 2.72. The summed E-state index contributed by atoms with van der Waals surface area (Å²) in [4.78, 5) is 28.4. The number of morpholine rings is 1. The van der Waals surface area contributed by atoms with E-state index in [1.165, 1.54) is 12.3 Å². The van der Waals surface area contributed by atoms with E-state index in [-0.39, 0.29) is 11.5 Å². The van der Waals surface area contributed by atoms with Gasteiger partial charge in [0.25, 0.3) is 5.91 Å². The third kappa shape index (κ3) is 3.49. The molecule has 3 rings (SSSR count). The van der Waals surface area contributed by atoms with Crippen molar-refractivity contribution < 1.29 is 9.53 Å². The van der Waals surface area contributed by atoms with Crippen molar-refractivity contribution in [3.8, 4) is 0 Å². The number of carbonyl (C=O) groups excluding carboxylic acids is 1. The smallest absolute Gasteiger partial charge is 0.257 e. The molecule has 1 amide bonds. The van der Waals surface area contributed by atoms with Gasteiger partial charge >= 0.3 is 0 Å². The van der Waals surface area contributed by atoms with Crippen LogP contribution in [0.25, 0.3) is 0 Å². The van der Waals surface area contributed by atoms with Gasteiger partial charge in [0.15, 0.2) is 0 Å². The van der Waals surface area contributed by atoms with Crippen LogP contribution in [0, 0.1) is 6.92 Å². The van der Waals surface area contributed by atoms with Gasteiger partial charge in [-0.2, -0.15) is 0 Å². The molecule has 1 fully saturated rings. The van der Waals surface area contributed by atoms with Gasteiger partial charge in [0.1, 0.15) is 0 Å². The maximum Gasteiger partial charge on any atom is 0.257 e. The fourth-order valence-electron chi connectivity index (χ4n) is 2.86. The molecule has 24 heavy (non-hydrogen) atoms. The Hall–Kier alpha value is -2.60. The number of benzene rings is 1. The highest BCUT2D eigenvalue weighted by molar-refractivity contribution is 6.05. The van der Waals surface area contributed by atoms with Crippen LogP contribution >= 0.6 is 0 Å². The van der Waals surface area contributed by atoms with Gasteiger partial charge in [0, 0.05) is 36.2 Å². The average molecular weight is 327 g/mol. The molecule has 6 nitrogen and oxygen atoms in total. The lowest BCUT2D eigenvalue weighted by atomic mass is 10.1. The molecule has 126 valence electrons. The summed E-state index contributed by atoms with van der Waals surface area (Å²) >= 11 is 0. The lowest BCUT2D eigenvalue weighted by Crippen LogP contribution is -2.43. The van der Waals surface area contributed by atoms with Crippen molar-refractivity contribution in [3.63, 3.8) is 0 Å². The molecule has 0 bridgehead atoms. The Balaban J connectivity index is 1.71. The quantitative estimate of drug-likeness (QED) is 0.906. The number of rotatable bonds is 3. The second-order valence-electron chi connectivity index (χ2n) is 6.01. The minimum absolute atomic E-state index is 0.215. The van der Waals surface area contributed by atoms with E-state index in [1.54, 1.807) is 6.92 Å². The summed E-state index contributed by atoms with van der Waals surface area (Å²) in [6.07, 6.45) is 1.44. The van der Waals surface area contributed by atoms with Gasteiger partial charge in [0.2, 0.25) is 5.56 Å². The van der Waals surface area contributed by atoms with Gasteiger partial charge in [-0.15, -0.1) is 0 Å². The molecular weight excluding hydrogens is 306 g/mol. The van der Waals surface area contributed by atoms with Crippen molar-refractivity contribution in [2.75, 3.05) is 30.0 Å². The number of nitrogens with one attached hydrogen (secondary N) is 2. The van der Waals surface area contributed by atoms with Crippen molar-refractivity contribution in [1.82, 2.24) is 4.98 Å². The van der Waals surface area contributed by atoms with Crippen LogP contribution in [0.4, 0.5) is 11.4 Å². The number of carbonyl (C=O) groups is 1. The predicted molar refractivity (Wildman–Crippen MR) is 93.8 cm³/mol. The van der Waals surface area contributed by atoms with Crippen molar-refractivity contribution >= 4 is 17.3 Å². The molecule has 1 aliphatic rings. The molecule has 2 aromatic rings. The van der Waals surface area contributed by atoms with Gasteiger partial charge < -0.3 is 19.9 Å². The highest BCUT2D eigenvalue weighted by Crippen LogP contribution is 2.22. The predicted octanol–water partition coefficient (Wildman–Crippen LogP) is 2.16. The van der Waals surface area contributed by atoms with Crippen LogP contribution in [-0.2, 0) is 4.74 Å². The van der Waals surface area contributed by atoms with Crippen LogP contribution < -0.4 is 15.8 Å². The highest BCUT2D eigenvalue weighted by Gasteiger charge is 2.19. The van der Waals surface area contributed by atoms with Gasteiger partial charge in [-0.25, -0.2) is 0 Å². The number of anilines is 2. The fraction of sp³-hybridized carbons (Fsp3) is 0.333. The van der Waals surface area contributed by atoms with E-state index >= 15 is 0 Å². The maximum absolute atomic E-state index is 12.3. The standard InChI is InChI=1S/C18H21N3O3/c1-12-9-17(22)19-10-16(12)18(23)20-14-3-5-15(6-4-14)21-7-8-24-11-13(21)2/h3-6,9-10,13H,7-8,11H2,1-2H3,(H,19,22)(H,20,23)/t13-/m0/s1. The minimum Gasteiger partial charge on any atom is -0.377 e. The van der Waals surface area contributed by atoms with Crippen molar-refractivity contribution in [1.29, 1.82) is 0 Å². The topological polar surface area (TPSA) is 74.4 Å². The highest BCUT2D eigenvalue weighted by atomic mass is 16.5. The largest absolute Gasteiger partial charge is 0.377 e. The van der Waals surface area contributed by atoms with Crippen LogP contribution in [0.2, 0.25) is 0 Å². The molecule has 0 unspecified atom stereocenters. The minimum atomic E-state index is -0.240. The molecule has 2 N–H and O–H groups in total. The van der Waals surface area contributed by atoms with E-state index in [1.807, 2.05) is 24.3 Å². The average Bonchev–Trinajstić information content (AvgIpc) is 2.56. The first-order valence-electron chi connectivity index (χ1n) is 8.00. The number of aromatic amines is 1. The summed E-state index contributed by atoms with van der Waals surface area (Å²) in [7, 11) is 0. The Morgan fingerprint density at radius 3 is 2.75 bits per heavy atom. The van der Waals surface area contributed by atoms with Gasteiger partial charge in [-0.3, -0.25) is 9.59 Å². The van der Waals surface area contributed by atoms with Gasteiger partial charge in [0.05, 0.1) is 18.8 Å². The van der Waals surface area contributed by atoms with Gasteiger partial charge in [-0.1, -0.05) is 0 Å². The number of pyridine rings is 1. The van der Waals surface area contributed by atoms with Gasteiger partial charge in [-0.05, 0) is 43.7 Å². The SMILES string of the molecule is Cc1cc(=O)[nH]cc1C(=O)Nc1ccc(N2CCOC[C@@H]2C)cc1. The third-order valence-corrected chi connectivity index (χ3v) is 4.20. The molecule has 1 saturated heterocycles. The summed E-state index contributed by atoms with van der Waals surface area (Å²) in [6, 6.07) is 9.52. The Morgan fingerprint density at radius 1 is 1.33 bits per heavy atom. The number of hydrogen-bond acceptors (Lipinski definition) is 4. The number of hydrogen-bond donors (Lipinski definition) is 2. The molecule has 0 radical (unpaired) electrons. The van der Waals surface area contributed by atoms with E-state index < -0.39 is 0 Å². The summed E-state index contributed by atoms with van der Waals surface area (Å²) < 4.78 is 5.45. The first-order valence-corrected chi connectivity index (χ1v) is 8.00. The van der Waals surface area contributed by atoms with Crippen LogP contribution in [0.5, 0.6) is 0 Å². The van der Waals surface area contributed by atoms with Crippen molar-refractivity contribution in [2.24, 2.45) is 0 Å². The second kappa shape index (κ2) is 6.88. The fourth-order valence-corrected chi connectivity index (χ4v) is 2.86. The Labute approximate surface area is 140 Å². The first-order chi connectivity index (χ1) is 11.5. The van der Waals surface area contributed by atoms with Crippen LogP contribution in [-0.4, -0.2) is 36.7 Å². The Morgan fingerprint density at radius 2 is 2.08 bits per heavy atom. The zero-order chi connectivity index (χ0) is 17.1. The molecule has 1 aromatic carbocycles. The van der Waals surface area contributed by atoms with Crippen LogP contribution in [0.3, 0.4) is 0 Å². The number of aromatic nitrogens is 1. The molecule has 0 spiro atoms. The third-order valence-electron chi connectivity index (χ3n) is 4.20. The number of nitrogens with zero attached hydrogens (tertiary/aromatic N) is 1. The number of amides is 1. The molecule has 2 heterocycles. The number of ether oxygens (including phenoxy) is 1. The lowest BCUT2D eigenvalue weighted by Gasteiger charge is -2.35. The second-order valence-corrected chi connectivity index (χ2v) is 6.01. The van der Waals surface area contributed by atoms with E-state index in [0.717, 1.165) is 31.1 Å².